The molecule has 12 heavy (non-hydrogen) atoms. The van der Waals surface area contributed by atoms with Crippen molar-refractivity contribution >= 4 is 11.3 Å². The molecule has 0 atom stereocenters. The molecule has 1 nitrogen and oxygen atoms in total. The molecule has 0 unspecified atom stereocenters. The van der Waals surface area contributed by atoms with E-state index in [0.717, 1.165) is 6.42 Å². The fourth-order valence-corrected chi connectivity index (χ4v) is 2.13. The zero-order chi connectivity index (χ0) is 9.14. The van der Waals surface area contributed by atoms with Crippen LogP contribution in [0.15, 0.2) is 5.51 Å². The Morgan fingerprint density at radius 1 is 1.33 bits per heavy atom. The third kappa shape index (κ3) is 2.31. The van der Waals surface area contributed by atoms with Gasteiger partial charge in [-0.2, -0.15) is 0 Å². The van der Waals surface area contributed by atoms with Crippen LogP contribution in [0.2, 0.25) is 0 Å². The molecule has 1 aromatic rings. The Kier molecular flexibility index (Phi) is 3.27. The van der Waals surface area contributed by atoms with Gasteiger partial charge in [-0.05, 0) is 18.3 Å². The number of hydrogen-bond donors (Lipinski definition) is 0. The van der Waals surface area contributed by atoms with E-state index in [0.29, 0.717) is 11.8 Å². The number of aromatic nitrogens is 1. The minimum absolute atomic E-state index is 0.631. The van der Waals surface area contributed by atoms with E-state index in [1.807, 2.05) is 5.51 Å². The summed E-state index contributed by atoms with van der Waals surface area (Å²) in [6, 6.07) is 0. The third-order valence-electron chi connectivity index (χ3n) is 1.80. The fourth-order valence-electron chi connectivity index (χ4n) is 1.29. The second-order valence-electron chi connectivity index (χ2n) is 3.92. The molecule has 1 heterocycles. The smallest absolute Gasteiger partial charge is 0.0797 e. The van der Waals surface area contributed by atoms with Crippen molar-refractivity contribution in [2.75, 3.05) is 0 Å². The van der Waals surface area contributed by atoms with Gasteiger partial charge in [0.25, 0.3) is 0 Å². The van der Waals surface area contributed by atoms with E-state index in [1.54, 1.807) is 11.3 Å². The summed E-state index contributed by atoms with van der Waals surface area (Å²) in [5, 5.41) is 0. The highest BCUT2D eigenvalue weighted by molar-refractivity contribution is 7.09. The van der Waals surface area contributed by atoms with Crippen LogP contribution >= 0.6 is 11.3 Å². The second-order valence-corrected chi connectivity index (χ2v) is 4.80. The zero-order valence-electron chi connectivity index (χ0n) is 8.29. The van der Waals surface area contributed by atoms with Gasteiger partial charge in [0.2, 0.25) is 0 Å². The Bertz CT molecular complexity index is 238. The average molecular weight is 183 g/mol. The van der Waals surface area contributed by atoms with Gasteiger partial charge in [0.1, 0.15) is 0 Å². The third-order valence-corrected chi connectivity index (χ3v) is 2.97. The lowest BCUT2D eigenvalue weighted by Gasteiger charge is -2.06. The molecule has 2 heteroatoms. The molecule has 0 bridgehead atoms. The first-order valence-electron chi connectivity index (χ1n) is 4.53. The monoisotopic (exact) mass is 183 g/mol. The van der Waals surface area contributed by atoms with Crippen molar-refractivity contribution in [2.45, 2.75) is 40.0 Å². The molecule has 0 amide bonds. The van der Waals surface area contributed by atoms with E-state index in [2.05, 4.69) is 32.7 Å². The molecular weight excluding hydrogens is 166 g/mol. The van der Waals surface area contributed by atoms with Crippen LogP contribution in [0.5, 0.6) is 0 Å². The lowest BCUT2D eigenvalue weighted by molar-refractivity contribution is 0.630. The lowest BCUT2D eigenvalue weighted by atomic mass is 10.0. The van der Waals surface area contributed by atoms with Gasteiger partial charge in [-0.15, -0.1) is 11.3 Å². The number of hydrogen-bond acceptors (Lipinski definition) is 2. The Morgan fingerprint density at radius 3 is 2.50 bits per heavy atom. The second kappa shape index (κ2) is 4.04. The molecule has 0 saturated carbocycles. The Labute approximate surface area is 78.8 Å². The van der Waals surface area contributed by atoms with Crippen molar-refractivity contribution in [3.63, 3.8) is 0 Å². The predicted molar refractivity (Wildman–Crippen MR) is 54.7 cm³/mol. The molecule has 0 aliphatic heterocycles. The first-order chi connectivity index (χ1) is 5.61. The number of thiazole rings is 1. The van der Waals surface area contributed by atoms with Crippen LogP contribution < -0.4 is 0 Å². The molecule has 0 aromatic carbocycles. The minimum Gasteiger partial charge on any atom is -0.249 e. The van der Waals surface area contributed by atoms with Crippen molar-refractivity contribution in [1.29, 1.82) is 0 Å². The van der Waals surface area contributed by atoms with Crippen LogP contribution in [-0.2, 0) is 6.42 Å². The standard InChI is InChI=1S/C10H17NS/c1-7(2)5-9-10(8(3)4)12-6-11-9/h6-8H,5H2,1-4H3. The van der Waals surface area contributed by atoms with Crippen LogP contribution in [0.3, 0.4) is 0 Å². The highest BCUT2D eigenvalue weighted by atomic mass is 32.1. The molecule has 0 fully saturated rings. The molecule has 1 aromatic heterocycles. The van der Waals surface area contributed by atoms with Crippen molar-refractivity contribution in [3.05, 3.63) is 16.1 Å². The summed E-state index contributed by atoms with van der Waals surface area (Å²) >= 11 is 1.79. The van der Waals surface area contributed by atoms with E-state index >= 15 is 0 Å². The topological polar surface area (TPSA) is 12.9 Å². The Morgan fingerprint density at radius 2 is 2.00 bits per heavy atom. The largest absolute Gasteiger partial charge is 0.249 e. The van der Waals surface area contributed by atoms with Crippen LogP contribution in [-0.4, -0.2) is 4.98 Å². The lowest BCUT2D eigenvalue weighted by Crippen LogP contribution is -1.98. The van der Waals surface area contributed by atoms with Crippen LogP contribution in [0.25, 0.3) is 0 Å². The summed E-state index contributed by atoms with van der Waals surface area (Å²) in [5.41, 5.74) is 3.28. The van der Waals surface area contributed by atoms with Gasteiger partial charge in [0.15, 0.2) is 0 Å². The van der Waals surface area contributed by atoms with E-state index in [9.17, 15) is 0 Å². The van der Waals surface area contributed by atoms with Crippen molar-refractivity contribution in [1.82, 2.24) is 4.98 Å². The van der Waals surface area contributed by atoms with Gasteiger partial charge in [-0.3, -0.25) is 0 Å². The van der Waals surface area contributed by atoms with Crippen LogP contribution in [0.4, 0.5) is 0 Å². The molecule has 0 saturated heterocycles. The first-order valence-corrected chi connectivity index (χ1v) is 5.41. The summed E-state index contributed by atoms with van der Waals surface area (Å²) in [6.45, 7) is 8.95. The summed E-state index contributed by atoms with van der Waals surface area (Å²) in [5.74, 6) is 1.34. The van der Waals surface area contributed by atoms with Gasteiger partial charge in [0.05, 0.1) is 11.2 Å². The highest BCUT2D eigenvalue weighted by Crippen LogP contribution is 2.24. The summed E-state index contributed by atoms with van der Waals surface area (Å²) < 4.78 is 0. The summed E-state index contributed by atoms with van der Waals surface area (Å²) in [7, 11) is 0. The van der Waals surface area contributed by atoms with E-state index in [-0.39, 0.29) is 0 Å². The van der Waals surface area contributed by atoms with Gasteiger partial charge in [-0.25, -0.2) is 4.98 Å². The van der Waals surface area contributed by atoms with Crippen molar-refractivity contribution in [2.24, 2.45) is 5.92 Å². The molecule has 0 spiro atoms. The van der Waals surface area contributed by atoms with E-state index in [1.165, 1.54) is 10.6 Å². The van der Waals surface area contributed by atoms with E-state index in [4.69, 9.17) is 0 Å². The molecule has 0 N–H and O–H groups in total. The van der Waals surface area contributed by atoms with Gasteiger partial charge in [0, 0.05) is 4.88 Å². The van der Waals surface area contributed by atoms with E-state index < -0.39 is 0 Å². The van der Waals surface area contributed by atoms with Crippen molar-refractivity contribution in [3.8, 4) is 0 Å². The Balaban J connectivity index is 2.77. The molecule has 0 aliphatic rings. The highest BCUT2D eigenvalue weighted by Gasteiger charge is 2.10. The maximum absolute atomic E-state index is 4.40. The average Bonchev–Trinajstić information content (AvgIpc) is 2.33. The minimum atomic E-state index is 0.631. The quantitative estimate of drug-likeness (QED) is 0.699. The Hall–Kier alpha value is -0.370. The van der Waals surface area contributed by atoms with Gasteiger partial charge >= 0.3 is 0 Å². The first kappa shape index (κ1) is 9.72. The van der Waals surface area contributed by atoms with Crippen LogP contribution in [0, 0.1) is 5.92 Å². The molecule has 0 radical (unpaired) electrons. The van der Waals surface area contributed by atoms with Gasteiger partial charge in [-0.1, -0.05) is 27.7 Å². The zero-order valence-corrected chi connectivity index (χ0v) is 9.11. The maximum atomic E-state index is 4.40. The number of rotatable bonds is 3. The molecule has 68 valence electrons. The normalized spacial score (nSPS) is 11.5. The maximum Gasteiger partial charge on any atom is 0.0797 e. The fraction of sp³-hybridized carbons (Fsp3) is 0.700. The number of nitrogens with zero attached hydrogens (tertiary/aromatic N) is 1. The predicted octanol–water partition coefficient (Wildman–Crippen LogP) is 3.47. The van der Waals surface area contributed by atoms with Gasteiger partial charge < -0.3 is 0 Å². The molecule has 1 rings (SSSR count). The summed E-state index contributed by atoms with van der Waals surface area (Å²) in [4.78, 5) is 5.86. The molecular formula is C10H17NS. The van der Waals surface area contributed by atoms with Crippen molar-refractivity contribution < 1.29 is 0 Å². The summed E-state index contributed by atoms with van der Waals surface area (Å²) in [6.07, 6.45) is 1.12. The molecule has 0 aliphatic carbocycles. The van der Waals surface area contributed by atoms with Crippen LogP contribution in [0.1, 0.15) is 44.2 Å². The SMILES string of the molecule is CC(C)Cc1ncsc1C(C)C.